The van der Waals surface area contributed by atoms with Gasteiger partial charge < -0.3 is 24.6 Å². The van der Waals surface area contributed by atoms with Crippen molar-refractivity contribution < 1.29 is 29.3 Å². The van der Waals surface area contributed by atoms with Crippen LogP contribution >= 0.6 is 0 Å². The highest BCUT2D eigenvalue weighted by Crippen LogP contribution is 2.44. The second kappa shape index (κ2) is 13.7. The topological polar surface area (TPSA) is 125 Å². The van der Waals surface area contributed by atoms with Crippen molar-refractivity contribution in [3.05, 3.63) is 47.5 Å². The molecule has 0 aliphatic carbocycles. The Hall–Kier alpha value is -3.24. The lowest BCUT2D eigenvalue weighted by molar-refractivity contribution is -0.143. The molecule has 0 bridgehead atoms. The number of aromatic nitrogens is 2. The third-order valence-electron chi connectivity index (χ3n) is 7.74. The molecule has 4 rings (SSSR count). The molecule has 2 N–H and O–H groups in total. The zero-order chi connectivity index (χ0) is 27.8. The quantitative estimate of drug-likeness (QED) is 0.371. The van der Waals surface area contributed by atoms with E-state index < -0.39 is 17.8 Å². The number of aryl methyl sites for hydroxylation is 1. The standard InChI is InChI=1S/C29H40N4O6/c1-3-5-12-32(13-6-4-2)26(35)17-33-16-22(20-14-21(18-34)28-24(15-20)38-19-39-28)27(29(36)37)23(33)8-9-25-30-10-7-11-31-25/h7,10-11,14-15,22-23,27,34H,3-6,8-9,12-13,16-19H2,1-2H3,(H,36,37)/t22-,23+,27-/m1/s1. The fourth-order valence-electron chi connectivity index (χ4n) is 5.70. The van der Waals surface area contributed by atoms with Crippen molar-refractivity contribution in [1.82, 2.24) is 19.8 Å². The summed E-state index contributed by atoms with van der Waals surface area (Å²) in [5.74, 6) is -0.372. The average molecular weight is 541 g/mol. The Labute approximate surface area is 230 Å². The van der Waals surface area contributed by atoms with Gasteiger partial charge >= 0.3 is 5.97 Å². The van der Waals surface area contributed by atoms with Crippen LogP contribution in [0.3, 0.4) is 0 Å². The zero-order valence-corrected chi connectivity index (χ0v) is 22.9. The number of aliphatic carboxylic acids is 1. The minimum Gasteiger partial charge on any atom is -0.481 e. The van der Waals surface area contributed by atoms with E-state index in [0.717, 1.165) is 31.2 Å². The van der Waals surface area contributed by atoms with Gasteiger partial charge in [-0.2, -0.15) is 0 Å². The second-order valence-corrected chi connectivity index (χ2v) is 10.3. The van der Waals surface area contributed by atoms with E-state index in [9.17, 15) is 19.8 Å². The van der Waals surface area contributed by atoms with Crippen LogP contribution in [0, 0.1) is 5.92 Å². The summed E-state index contributed by atoms with van der Waals surface area (Å²) in [6, 6.07) is 4.99. The Morgan fingerprint density at radius 1 is 1.10 bits per heavy atom. The van der Waals surface area contributed by atoms with Crippen LogP contribution in [0.5, 0.6) is 11.5 Å². The maximum absolute atomic E-state index is 13.5. The first-order chi connectivity index (χ1) is 19.0. The lowest BCUT2D eigenvalue weighted by atomic mass is 9.83. The normalized spacial score (nSPS) is 20.3. The molecule has 1 amide bonds. The molecule has 2 aromatic rings. The Kier molecular flexibility index (Phi) is 10.1. The number of carboxylic acid groups (broad SMARTS) is 1. The van der Waals surface area contributed by atoms with Crippen molar-refractivity contribution >= 4 is 11.9 Å². The number of hydrogen-bond acceptors (Lipinski definition) is 8. The smallest absolute Gasteiger partial charge is 0.308 e. The molecule has 10 nitrogen and oxygen atoms in total. The molecule has 1 fully saturated rings. The first-order valence-electron chi connectivity index (χ1n) is 14.0. The summed E-state index contributed by atoms with van der Waals surface area (Å²) in [6.07, 6.45) is 8.24. The first-order valence-corrected chi connectivity index (χ1v) is 14.0. The summed E-state index contributed by atoms with van der Waals surface area (Å²) in [7, 11) is 0. The number of aliphatic hydroxyl groups excluding tert-OH is 1. The number of hydrogen-bond donors (Lipinski definition) is 2. The van der Waals surface area contributed by atoms with Gasteiger partial charge in [0.1, 0.15) is 5.82 Å². The van der Waals surface area contributed by atoms with Gasteiger partial charge in [0.25, 0.3) is 0 Å². The zero-order valence-electron chi connectivity index (χ0n) is 22.9. The molecule has 10 heteroatoms. The third kappa shape index (κ3) is 6.86. The predicted molar refractivity (Wildman–Crippen MR) is 144 cm³/mol. The number of carboxylic acids is 1. The summed E-state index contributed by atoms with van der Waals surface area (Å²) in [6.45, 7) is 6.01. The van der Waals surface area contributed by atoms with Gasteiger partial charge in [0.05, 0.1) is 19.1 Å². The molecule has 2 aliphatic rings. The molecule has 39 heavy (non-hydrogen) atoms. The third-order valence-corrected chi connectivity index (χ3v) is 7.74. The van der Waals surface area contributed by atoms with Gasteiger partial charge in [-0.3, -0.25) is 14.5 Å². The molecule has 1 aromatic carbocycles. The van der Waals surface area contributed by atoms with Gasteiger partial charge in [-0.1, -0.05) is 26.7 Å². The maximum Gasteiger partial charge on any atom is 0.308 e. The molecular weight excluding hydrogens is 500 g/mol. The maximum atomic E-state index is 13.5. The van der Waals surface area contributed by atoms with Gasteiger partial charge in [-0.25, -0.2) is 9.97 Å². The molecule has 0 spiro atoms. The molecule has 1 saturated heterocycles. The molecule has 0 radical (unpaired) electrons. The number of aliphatic hydroxyl groups is 1. The number of ether oxygens (including phenoxy) is 2. The van der Waals surface area contributed by atoms with Gasteiger partial charge in [0.2, 0.25) is 12.7 Å². The number of carbonyl (C=O) groups is 2. The van der Waals surface area contributed by atoms with Gasteiger partial charge in [0, 0.05) is 56.0 Å². The number of amides is 1. The SMILES string of the molecule is CCCCN(CCCC)C(=O)CN1C[C@H](c2cc(CO)c3c(c2)OCO3)[C@@H](C(=O)O)[C@@H]1CCc1ncccn1. The highest BCUT2D eigenvalue weighted by molar-refractivity contribution is 5.79. The van der Waals surface area contributed by atoms with Crippen LogP contribution in [-0.4, -0.2) is 80.9 Å². The van der Waals surface area contributed by atoms with Crippen molar-refractivity contribution in [1.29, 1.82) is 0 Å². The van der Waals surface area contributed by atoms with Crippen molar-refractivity contribution in [2.24, 2.45) is 5.92 Å². The minimum atomic E-state index is -0.911. The Morgan fingerprint density at radius 3 is 2.46 bits per heavy atom. The Bertz CT molecular complexity index is 1110. The van der Waals surface area contributed by atoms with Crippen LogP contribution < -0.4 is 9.47 Å². The largest absolute Gasteiger partial charge is 0.481 e. The molecule has 212 valence electrons. The van der Waals surface area contributed by atoms with E-state index >= 15 is 0 Å². The number of nitrogens with zero attached hydrogens (tertiary/aromatic N) is 4. The van der Waals surface area contributed by atoms with E-state index in [1.807, 2.05) is 21.9 Å². The van der Waals surface area contributed by atoms with E-state index in [4.69, 9.17) is 9.47 Å². The number of likely N-dealkylation sites (tertiary alicyclic amines) is 1. The van der Waals surface area contributed by atoms with E-state index in [2.05, 4.69) is 23.8 Å². The van der Waals surface area contributed by atoms with Crippen molar-refractivity contribution in [3.63, 3.8) is 0 Å². The highest BCUT2D eigenvalue weighted by Gasteiger charge is 2.47. The van der Waals surface area contributed by atoms with Crippen LogP contribution in [0.1, 0.15) is 68.8 Å². The molecule has 3 atom stereocenters. The molecule has 0 saturated carbocycles. The van der Waals surface area contributed by atoms with Crippen LogP contribution in [0.2, 0.25) is 0 Å². The van der Waals surface area contributed by atoms with E-state index in [0.29, 0.717) is 55.4 Å². The number of carbonyl (C=O) groups excluding carboxylic acids is 1. The molecule has 1 aromatic heterocycles. The van der Waals surface area contributed by atoms with E-state index in [-0.39, 0.29) is 31.9 Å². The fourth-order valence-corrected chi connectivity index (χ4v) is 5.70. The highest BCUT2D eigenvalue weighted by atomic mass is 16.7. The Morgan fingerprint density at radius 2 is 1.82 bits per heavy atom. The Balaban J connectivity index is 1.63. The fraction of sp³-hybridized carbons (Fsp3) is 0.586. The van der Waals surface area contributed by atoms with Gasteiger partial charge in [-0.15, -0.1) is 0 Å². The number of rotatable bonds is 14. The average Bonchev–Trinajstić information content (AvgIpc) is 3.56. The van der Waals surface area contributed by atoms with Gasteiger partial charge in [0.15, 0.2) is 11.5 Å². The number of fused-ring (bicyclic) bond motifs is 1. The summed E-state index contributed by atoms with van der Waals surface area (Å²) in [4.78, 5) is 38.9. The van der Waals surface area contributed by atoms with Crippen molar-refractivity contribution in [3.8, 4) is 11.5 Å². The summed E-state index contributed by atoms with van der Waals surface area (Å²) in [5, 5.41) is 20.4. The molecular formula is C29H40N4O6. The van der Waals surface area contributed by atoms with E-state index in [1.54, 1.807) is 18.5 Å². The lowest BCUT2D eigenvalue weighted by Gasteiger charge is -2.29. The minimum absolute atomic E-state index is 0.0318. The molecule has 2 aliphatic heterocycles. The second-order valence-electron chi connectivity index (χ2n) is 10.3. The molecule has 3 heterocycles. The van der Waals surface area contributed by atoms with Crippen LogP contribution in [0.15, 0.2) is 30.6 Å². The predicted octanol–water partition coefficient (Wildman–Crippen LogP) is 3.23. The van der Waals surface area contributed by atoms with Crippen molar-refractivity contribution in [2.75, 3.05) is 33.0 Å². The van der Waals surface area contributed by atoms with Crippen molar-refractivity contribution in [2.45, 2.75) is 70.9 Å². The van der Waals surface area contributed by atoms with Gasteiger partial charge in [-0.05, 0) is 43.0 Å². The summed E-state index contributed by atoms with van der Waals surface area (Å²) in [5.41, 5.74) is 1.33. The van der Waals surface area contributed by atoms with Crippen LogP contribution in [0.4, 0.5) is 0 Å². The lowest BCUT2D eigenvalue weighted by Crippen LogP contribution is -2.44. The number of benzene rings is 1. The molecule has 0 unspecified atom stereocenters. The van der Waals surface area contributed by atoms with Crippen LogP contribution in [0.25, 0.3) is 0 Å². The number of unbranched alkanes of at least 4 members (excludes halogenated alkanes) is 2. The first kappa shape index (κ1) is 28.8. The summed E-state index contributed by atoms with van der Waals surface area (Å²) >= 11 is 0. The van der Waals surface area contributed by atoms with E-state index in [1.165, 1.54) is 0 Å². The monoisotopic (exact) mass is 540 g/mol. The summed E-state index contributed by atoms with van der Waals surface area (Å²) < 4.78 is 11.1. The van der Waals surface area contributed by atoms with Crippen LogP contribution in [-0.2, 0) is 22.6 Å².